The first kappa shape index (κ1) is 13.3. The zero-order valence-electron chi connectivity index (χ0n) is 10.3. The largest absolute Gasteiger partial charge is 0.479 e. The Labute approximate surface area is 106 Å². The smallest absolute Gasteiger partial charge is 0.332 e. The third-order valence-electron chi connectivity index (χ3n) is 3.71. The molecule has 0 unspecified atom stereocenters. The average Bonchev–Trinajstić information content (AvgIpc) is 2.81. The number of rotatable bonds is 3. The summed E-state index contributed by atoms with van der Waals surface area (Å²) in [4.78, 5) is 22.6. The van der Waals surface area contributed by atoms with Crippen LogP contribution in [0.25, 0.3) is 0 Å². The minimum Gasteiger partial charge on any atom is -0.479 e. The van der Waals surface area contributed by atoms with E-state index >= 15 is 0 Å². The molecule has 1 saturated heterocycles. The molecule has 1 aliphatic heterocycles. The third-order valence-corrected chi connectivity index (χ3v) is 3.71. The lowest BCUT2D eigenvalue weighted by Gasteiger charge is -2.27. The normalized spacial score (nSPS) is 36.3. The van der Waals surface area contributed by atoms with Gasteiger partial charge in [-0.25, -0.2) is 4.79 Å². The SMILES string of the molecule is NC1CCC(NC(=O)[C@@H]2CC[C@H](C(=O)O)O2)CC1. The van der Waals surface area contributed by atoms with Gasteiger partial charge in [-0.1, -0.05) is 0 Å². The molecule has 0 radical (unpaired) electrons. The van der Waals surface area contributed by atoms with E-state index in [0.29, 0.717) is 12.8 Å². The molecule has 1 saturated carbocycles. The molecule has 2 aliphatic rings. The lowest BCUT2D eigenvalue weighted by Crippen LogP contribution is -2.44. The van der Waals surface area contributed by atoms with E-state index in [1.165, 1.54) is 0 Å². The van der Waals surface area contributed by atoms with Crippen LogP contribution in [0.4, 0.5) is 0 Å². The summed E-state index contributed by atoms with van der Waals surface area (Å²) < 4.78 is 5.21. The Hall–Kier alpha value is -1.14. The van der Waals surface area contributed by atoms with Crippen molar-refractivity contribution in [1.29, 1.82) is 0 Å². The number of carboxylic acids is 1. The van der Waals surface area contributed by atoms with Gasteiger partial charge in [0.15, 0.2) is 6.10 Å². The summed E-state index contributed by atoms with van der Waals surface area (Å²) in [5, 5.41) is 11.7. The van der Waals surface area contributed by atoms with Crippen molar-refractivity contribution in [1.82, 2.24) is 5.32 Å². The third kappa shape index (κ3) is 3.20. The Morgan fingerprint density at radius 3 is 2.22 bits per heavy atom. The molecule has 2 rings (SSSR count). The highest BCUT2D eigenvalue weighted by Gasteiger charge is 2.35. The van der Waals surface area contributed by atoms with Gasteiger partial charge < -0.3 is 20.9 Å². The molecule has 2 atom stereocenters. The zero-order chi connectivity index (χ0) is 13.1. The number of carbonyl (C=O) groups excluding carboxylic acids is 1. The van der Waals surface area contributed by atoms with Gasteiger partial charge in [-0.15, -0.1) is 0 Å². The minimum absolute atomic E-state index is 0.157. The first-order chi connectivity index (χ1) is 8.56. The van der Waals surface area contributed by atoms with Crippen LogP contribution in [0.15, 0.2) is 0 Å². The number of nitrogens with one attached hydrogen (secondary N) is 1. The average molecular weight is 256 g/mol. The van der Waals surface area contributed by atoms with E-state index in [4.69, 9.17) is 15.6 Å². The molecular weight excluding hydrogens is 236 g/mol. The molecule has 0 aromatic rings. The summed E-state index contributed by atoms with van der Waals surface area (Å²) in [5.74, 6) is -1.17. The topological polar surface area (TPSA) is 102 Å². The van der Waals surface area contributed by atoms with E-state index in [9.17, 15) is 9.59 Å². The lowest BCUT2D eigenvalue weighted by molar-refractivity contribution is -0.152. The minimum atomic E-state index is -0.992. The quantitative estimate of drug-likeness (QED) is 0.660. The van der Waals surface area contributed by atoms with E-state index in [-0.39, 0.29) is 18.0 Å². The van der Waals surface area contributed by atoms with Gasteiger partial charge in [0.05, 0.1) is 0 Å². The van der Waals surface area contributed by atoms with E-state index < -0.39 is 18.2 Å². The van der Waals surface area contributed by atoms with Crippen molar-refractivity contribution in [3.8, 4) is 0 Å². The summed E-state index contributed by atoms with van der Waals surface area (Å²) in [7, 11) is 0. The van der Waals surface area contributed by atoms with Gasteiger partial charge in [-0.3, -0.25) is 4.79 Å². The van der Waals surface area contributed by atoms with Crippen LogP contribution in [0, 0.1) is 0 Å². The summed E-state index contributed by atoms with van der Waals surface area (Å²) in [5.41, 5.74) is 5.80. The summed E-state index contributed by atoms with van der Waals surface area (Å²) in [6, 6.07) is 0.405. The van der Waals surface area contributed by atoms with Crippen molar-refractivity contribution in [3.63, 3.8) is 0 Å². The first-order valence-electron chi connectivity index (χ1n) is 6.50. The van der Waals surface area contributed by atoms with Gasteiger partial charge in [0.1, 0.15) is 6.10 Å². The lowest BCUT2D eigenvalue weighted by atomic mass is 9.91. The maximum atomic E-state index is 11.9. The maximum Gasteiger partial charge on any atom is 0.332 e. The Bertz CT molecular complexity index is 326. The summed E-state index contributed by atoms with van der Waals surface area (Å²) >= 11 is 0. The number of aliphatic carboxylic acids is 1. The molecule has 1 amide bonds. The van der Waals surface area contributed by atoms with Crippen LogP contribution in [0.5, 0.6) is 0 Å². The van der Waals surface area contributed by atoms with E-state index in [2.05, 4.69) is 5.32 Å². The van der Waals surface area contributed by atoms with Crippen LogP contribution in [0.2, 0.25) is 0 Å². The zero-order valence-corrected chi connectivity index (χ0v) is 10.3. The van der Waals surface area contributed by atoms with Crippen molar-refractivity contribution in [2.45, 2.75) is 62.8 Å². The highest BCUT2D eigenvalue weighted by atomic mass is 16.5. The first-order valence-corrected chi connectivity index (χ1v) is 6.50. The Morgan fingerprint density at radius 2 is 1.67 bits per heavy atom. The number of amides is 1. The van der Waals surface area contributed by atoms with Crippen LogP contribution >= 0.6 is 0 Å². The number of hydrogen-bond acceptors (Lipinski definition) is 4. The molecular formula is C12H20N2O4. The number of nitrogens with two attached hydrogens (primary N) is 1. The van der Waals surface area contributed by atoms with Crippen molar-refractivity contribution in [2.24, 2.45) is 5.73 Å². The molecule has 18 heavy (non-hydrogen) atoms. The predicted molar refractivity (Wildman–Crippen MR) is 63.9 cm³/mol. The number of ether oxygens (including phenoxy) is 1. The Kier molecular flexibility index (Phi) is 4.19. The molecule has 4 N–H and O–H groups in total. The molecule has 2 fully saturated rings. The number of carboxylic acid groups (broad SMARTS) is 1. The number of carbonyl (C=O) groups is 2. The fourth-order valence-electron chi connectivity index (χ4n) is 2.57. The van der Waals surface area contributed by atoms with Gasteiger partial charge in [-0.05, 0) is 38.5 Å². The van der Waals surface area contributed by atoms with Gasteiger partial charge in [-0.2, -0.15) is 0 Å². The second-order valence-electron chi connectivity index (χ2n) is 5.15. The van der Waals surface area contributed by atoms with E-state index in [1.807, 2.05) is 0 Å². The highest BCUT2D eigenvalue weighted by Crippen LogP contribution is 2.22. The molecule has 1 aliphatic carbocycles. The molecule has 0 spiro atoms. The monoisotopic (exact) mass is 256 g/mol. The molecule has 0 bridgehead atoms. The summed E-state index contributed by atoms with van der Waals surface area (Å²) in [6.07, 6.45) is 3.08. The summed E-state index contributed by atoms with van der Waals surface area (Å²) in [6.45, 7) is 0. The predicted octanol–water partition coefficient (Wildman–Crippen LogP) is 0.00470. The van der Waals surface area contributed by atoms with Crippen LogP contribution in [0.1, 0.15) is 38.5 Å². The second kappa shape index (κ2) is 5.67. The van der Waals surface area contributed by atoms with Crippen molar-refractivity contribution >= 4 is 11.9 Å². The van der Waals surface area contributed by atoms with Crippen LogP contribution < -0.4 is 11.1 Å². The molecule has 1 heterocycles. The Morgan fingerprint density at radius 1 is 1.06 bits per heavy atom. The van der Waals surface area contributed by atoms with Crippen LogP contribution in [0.3, 0.4) is 0 Å². The van der Waals surface area contributed by atoms with Gasteiger partial charge in [0.25, 0.3) is 0 Å². The van der Waals surface area contributed by atoms with Crippen molar-refractivity contribution < 1.29 is 19.4 Å². The van der Waals surface area contributed by atoms with Gasteiger partial charge in [0.2, 0.25) is 5.91 Å². The van der Waals surface area contributed by atoms with Crippen LogP contribution in [-0.4, -0.2) is 41.3 Å². The van der Waals surface area contributed by atoms with Gasteiger partial charge in [0, 0.05) is 12.1 Å². The van der Waals surface area contributed by atoms with Crippen LogP contribution in [-0.2, 0) is 14.3 Å². The van der Waals surface area contributed by atoms with E-state index in [1.54, 1.807) is 0 Å². The molecule has 0 aromatic carbocycles. The molecule has 0 aromatic heterocycles. The Balaban J connectivity index is 1.77. The van der Waals surface area contributed by atoms with Crippen molar-refractivity contribution in [3.05, 3.63) is 0 Å². The fraction of sp³-hybridized carbons (Fsp3) is 0.833. The fourth-order valence-corrected chi connectivity index (χ4v) is 2.57. The standard InChI is InChI=1S/C12H20N2O4/c13-7-1-3-8(4-2-7)14-11(15)9-5-6-10(18-9)12(16)17/h7-10H,1-6,13H2,(H,14,15)(H,16,17)/t7?,8?,9-,10+/m0/s1. The molecule has 6 heteroatoms. The van der Waals surface area contributed by atoms with Gasteiger partial charge >= 0.3 is 5.97 Å². The van der Waals surface area contributed by atoms with E-state index in [0.717, 1.165) is 25.7 Å². The second-order valence-corrected chi connectivity index (χ2v) is 5.15. The highest BCUT2D eigenvalue weighted by molar-refractivity contribution is 5.82. The number of hydrogen-bond donors (Lipinski definition) is 3. The molecule has 6 nitrogen and oxygen atoms in total. The van der Waals surface area contributed by atoms with Crippen molar-refractivity contribution in [2.75, 3.05) is 0 Å². The maximum absolute atomic E-state index is 11.9. The molecule has 102 valence electrons.